The summed E-state index contributed by atoms with van der Waals surface area (Å²) in [4.78, 5) is 27.2. The number of carbonyl (C=O) groups excluding carboxylic acids is 1. The van der Waals surface area contributed by atoms with Gasteiger partial charge in [0.1, 0.15) is 11.7 Å². The van der Waals surface area contributed by atoms with Crippen LogP contribution in [0.3, 0.4) is 0 Å². The average Bonchev–Trinajstić information content (AvgIpc) is 2.65. The number of ether oxygens (including phenoxy) is 1. The van der Waals surface area contributed by atoms with Crippen LogP contribution < -0.4 is 10.1 Å². The second-order valence-corrected chi connectivity index (χ2v) is 6.51. The molecule has 1 fully saturated rings. The Morgan fingerprint density at radius 1 is 1.19 bits per heavy atom. The molecule has 3 rings (SSSR count). The molecule has 0 spiro atoms. The fourth-order valence-corrected chi connectivity index (χ4v) is 3.11. The molecule has 2 aromatic rings. The number of aromatic nitrogens is 1. The topological polar surface area (TPSA) is 94.4 Å². The molecule has 0 radical (unpaired) electrons. The molecule has 1 aliphatic carbocycles. The third kappa shape index (κ3) is 4.36. The molecular formula is C19H21N3O4. The highest BCUT2D eigenvalue weighted by Crippen LogP contribution is 2.24. The number of nitro groups is 1. The Bertz CT molecular complexity index is 784. The standard InChI is InChI=1S/C19H21N3O4/c1-13-6-11-18(20-12-13)26-15-9-7-14(8-10-15)21-19(23)16-4-2-3-5-17(16)22(24)25/h2-6,11-12,14-15H,7-10H2,1H3,(H,21,23). The Morgan fingerprint density at radius 2 is 1.92 bits per heavy atom. The predicted molar refractivity (Wildman–Crippen MR) is 96.2 cm³/mol. The first kappa shape index (κ1) is 17.8. The molecule has 1 heterocycles. The van der Waals surface area contributed by atoms with Crippen molar-refractivity contribution < 1.29 is 14.5 Å². The van der Waals surface area contributed by atoms with Gasteiger partial charge in [0.25, 0.3) is 11.6 Å². The van der Waals surface area contributed by atoms with Crippen molar-refractivity contribution in [1.29, 1.82) is 0 Å². The highest BCUT2D eigenvalue weighted by atomic mass is 16.6. The van der Waals surface area contributed by atoms with E-state index < -0.39 is 10.8 Å². The van der Waals surface area contributed by atoms with Gasteiger partial charge >= 0.3 is 0 Å². The number of nitrogens with one attached hydrogen (secondary N) is 1. The van der Waals surface area contributed by atoms with Gasteiger partial charge in [-0.2, -0.15) is 0 Å². The number of nitro benzene ring substituents is 1. The lowest BCUT2D eigenvalue weighted by Gasteiger charge is -2.29. The molecule has 1 aliphatic rings. The minimum Gasteiger partial charge on any atom is -0.474 e. The molecule has 136 valence electrons. The van der Waals surface area contributed by atoms with Gasteiger partial charge in [0.05, 0.1) is 4.92 Å². The first-order chi connectivity index (χ1) is 12.5. The Balaban J connectivity index is 1.53. The predicted octanol–water partition coefficient (Wildman–Crippen LogP) is 3.42. The highest BCUT2D eigenvalue weighted by Gasteiger charge is 2.26. The molecule has 7 nitrogen and oxygen atoms in total. The largest absolute Gasteiger partial charge is 0.474 e. The molecular weight excluding hydrogens is 334 g/mol. The number of hydrogen-bond acceptors (Lipinski definition) is 5. The minimum atomic E-state index is -0.534. The molecule has 0 aliphatic heterocycles. The van der Waals surface area contributed by atoms with Crippen molar-refractivity contribution in [3.63, 3.8) is 0 Å². The Kier molecular flexibility index (Phi) is 5.46. The molecule has 0 bridgehead atoms. The lowest BCUT2D eigenvalue weighted by atomic mass is 9.92. The van der Waals surface area contributed by atoms with E-state index in [-0.39, 0.29) is 23.4 Å². The molecule has 26 heavy (non-hydrogen) atoms. The van der Waals surface area contributed by atoms with Crippen molar-refractivity contribution >= 4 is 11.6 Å². The van der Waals surface area contributed by atoms with Crippen LogP contribution in [0.1, 0.15) is 41.6 Å². The Morgan fingerprint density at radius 3 is 2.58 bits per heavy atom. The maximum absolute atomic E-state index is 12.4. The van der Waals surface area contributed by atoms with Crippen molar-refractivity contribution in [2.75, 3.05) is 0 Å². The summed E-state index contributed by atoms with van der Waals surface area (Å²) >= 11 is 0. The van der Waals surface area contributed by atoms with Crippen LogP contribution in [0.4, 0.5) is 5.69 Å². The van der Waals surface area contributed by atoms with E-state index in [1.807, 2.05) is 19.1 Å². The van der Waals surface area contributed by atoms with Gasteiger partial charge in [-0.3, -0.25) is 14.9 Å². The number of pyridine rings is 1. The van der Waals surface area contributed by atoms with Crippen molar-refractivity contribution in [3.8, 4) is 5.88 Å². The van der Waals surface area contributed by atoms with Crippen molar-refractivity contribution in [2.24, 2.45) is 0 Å². The number of aryl methyl sites for hydroxylation is 1. The summed E-state index contributed by atoms with van der Waals surface area (Å²) in [5.41, 5.74) is 1.01. The smallest absolute Gasteiger partial charge is 0.282 e. The fraction of sp³-hybridized carbons (Fsp3) is 0.368. The average molecular weight is 355 g/mol. The number of amides is 1. The molecule has 1 amide bonds. The van der Waals surface area contributed by atoms with Gasteiger partial charge in [-0.25, -0.2) is 4.98 Å². The second kappa shape index (κ2) is 7.95. The summed E-state index contributed by atoms with van der Waals surface area (Å²) in [6, 6.07) is 9.81. The zero-order chi connectivity index (χ0) is 18.5. The van der Waals surface area contributed by atoms with E-state index >= 15 is 0 Å². The van der Waals surface area contributed by atoms with Gasteiger partial charge in [-0.05, 0) is 44.2 Å². The summed E-state index contributed by atoms with van der Waals surface area (Å²) in [7, 11) is 0. The fourth-order valence-electron chi connectivity index (χ4n) is 3.11. The van der Waals surface area contributed by atoms with Gasteiger partial charge in [0.15, 0.2) is 0 Å². The van der Waals surface area contributed by atoms with Gasteiger partial charge in [0, 0.05) is 24.4 Å². The number of hydrogen-bond donors (Lipinski definition) is 1. The number of benzene rings is 1. The van der Waals surface area contributed by atoms with E-state index in [1.54, 1.807) is 18.3 Å². The van der Waals surface area contributed by atoms with Crippen LogP contribution in [0.2, 0.25) is 0 Å². The maximum atomic E-state index is 12.4. The van der Waals surface area contributed by atoms with E-state index in [1.165, 1.54) is 12.1 Å². The molecule has 1 N–H and O–H groups in total. The lowest BCUT2D eigenvalue weighted by Crippen LogP contribution is -2.39. The van der Waals surface area contributed by atoms with Crippen molar-refractivity contribution in [3.05, 3.63) is 63.8 Å². The highest BCUT2D eigenvalue weighted by molar-refractivity contribution is 5.98. The van der Waals surface area contributed by atoms with E-state index in [2.05, 4.69) is 10.3 Å². The Labute approximate surface area is 151 Å². The summed E-state index contributed by atoms with van der Waals surface area (Å²) < 4.78 is 5.89. The zero-order valence-electron chi connectivity index (χ0n) is 14.6. The van der Waals surface area contributed by atoms with Gasteiger partial charge in [-0.15, -0.1) is 0 Å². The summed E-state index contributed by atoms with van der Waals surface area (Å²) in [5.74, 6) is 0.213. The van der Waals surface area contributed by atoms with Crippen molar-refractivity contribution in [2.45, 2.75) is 44.8 Å². The van der Waals surface area contributed by atoms with Crippen LogP contribution in [0, 0.1) is 17.0 Å². The van der Waals surface area contributed by atoms with Crippen molar-refractivity contribution in [1.82, 2.24) is 10.3 Å². The van der Waals surface area contributed by atoms with E-state index in [4.69, 9.17) is 4.74 Å². The van der Waals surface area contributed by atoms with Crippen LogP contribution in [0.15, 0.2) is 42.6 Å². The second-order valence-electron chi connectivity index (χ2n) is 6.51. The summed E-state index contributed by atoms with van der Waals surface area (Å²) in [6.45, 7) is 1.97. The number of nitrogens with zero attached hydrogens (tertiary/aromatic N) is 2. The van der Waals surface area contributed by atoms with Gasteiger partial charge < -0.3 is 10.1 Å². The quantitative estimate of drug-likeness (QED) is 0.655. The summed E-state index contributed by atoms with van der Waals surface area (Å²) in [6.07, 6.45) is 4.98. The third-order valence-corrected chi connectivity index (χ3v) is 4.53. The van der Waals surface area contributed by atoms with Crippen LogP contribution in [-0.4, -0.2) is 28.0 Å². The lowest BCUT2D eigenvalue weighted by molar-refractivity contribution is -0.385. The molecule has 0 atom stereocenters. The van der Waals surface area contributed by atoms with E-state index in [0.717, 1.165) is 31.2 Å². The van der Waals surface area contributed by atoms with Crippen LogP contribution >= 0.6 is 0 Å². The first-order valence-corrected chi connectivity index (χ1v) is 8.66. The van der Waals surface area contributed by atoms with Crippen LogP contribution in [0.25, 0.3) is 0 Å². The van der Waals surface area contributed by atoms with Crippen LogP contribution in [0.5, 0.6) is 5.88 Å². The maximum Gasteiger partial charge on any atom is 0.282 e. The molecule has 1 saturated carbocycles. The zero-order valence-corrected chi connectivity index (χ0v) is 14.6. The molecule has 0 saturated heterocycles. The van der Waals surface area contributed by atoms with Gasteiger partial charge in [-0.1, -0.05) is 18.2 Å². The minimum absolute atomic E-state index is 0.00635. The normalized spacial score (nSPS) is 19.6. The number of rotatable bonds is 5. The monoisotopic (exact) mass is 355 g/mol. The summed E-state index contributed by atoms with van der Waals surface area (Å²) in [5, 5.41) is 14.0. The number of para-hydroxylation sites is 1. The SMILES string of the molecule is Cc1ccc(OC2CCC(NC(=O)c3ccccc3[N+](=O)[O-])CC2)nc1. The van der Waals surface area contributed by atoms with E-state index in [0.29, 0.717) is 5.88 Å². The molecule has 1 aromatic heterocycles. The third-order valence-electron chi connectivity index (χ3n) is 4.53. The molecule has 1 aromatic carbocycles. The molecule has 7 heteroatoms. The number of carbonyl (C=O) groups is 1. The molecule has 0 unspecified atom stereocenters. The van der Waals surface area contributed by atoms with Crippen LogP contribution in [-0.2, 0) is 0 Å². The van der Waals surface area contributed by atoms with E-state index in [9.17, 15) is 14.9 Å². The van der Waals surface area contributed by atoms with Gasteiger partial charge in [0.2, 0.25) is 5.88 Å². The first-order valence-electron chi connectivity index (χ1n) is 8.66. The Hall–Kier alpha value is -2.96.